The molecule has 1 atom stereocenters. The molecule has 1 aliphatic heterocycles. The van der Waals surface area contributed by atoms with Crippen molar-refractivity contribution in [2.75, 3.05) is 51.3 Å². The number of methoxy groups -OCH3 is 1. The second kappa shape index (κ2) is 10.0. The van der Waals surface area contributed by atoms with Gasteiger partial charge in [-0.15, -0.1) is 0 Å². The fourth-order valence-electron chi connectivity index (χ4n) is 2.93. The number of benzene rings is 1. The van der Waals surface area contributed by atoms with Crippen LogP contribution in [0.5, 0.6) is 5.75 Å². The largest absolute Gasteiger partial charge is 0.497 e. The van der Waals surface area contributed by atoms with Gasteiger partial charge in [0.2, 0.25) is 11.8 Å². The second-order valence-corrected chi connectivity index (χ2v) is 6.54. The summed E-state index contributed by atoms with van der Waals surface area (Å²) in [4.78, 5) is 28.4. The predicted octanol–water partition coefficient (Wildman–Crippen LogP) is 0.848. The van der Waals surface area contributed by atoms with Crippen molar-refractivity contribution in [1.82, 2.24) is 15.5 Å². The molecule has 1 fully saturated rings. The van der Waals surface area contributed by atoms with Gasteiger partial charge < -0.3 is 20.3 Å². The summed E-state index contributed by atoms with van der Waals surface area (Å²) in [7, 11) is 1.67. The summed E-state index contributed by atoms with van der Waals surface area (Å²) < 4.78 is 5.28. The van der Waals surface area contributed by atoms with E-state index in [1.807, 2.05) is 25.1 Å². The van der Waals surface area contributed by atoms with Crippen LogP contribution < -0.4 is 20.3 Å². The third-order valence-corrected chi connectivity index (χ3v) is 4.48. The standard InChI is InChI=1S/C19H30N4O3/c1-4-8-20-19(25)15(2)21-18(24)14-22-9-11-23(12-10-22)16-6-5-7-17(13-16)26-3/h5-7,13,15H,4,8-12,14H2,1-3H3,(H,20,25)(H,21,24)/t15-/m1/s1. The van der Waals surface area contributed by atoms with Crippen LogP contribution in [-0.4, -0.2) is 69.1 Å². The molecule has 1 heterocycles. The molecule has 0 bridgehead atoms. The Hall–Kier alpha value is -2.28. The molecule has 1 aliphatic rings. The molecule has 144 valence electrons. The summed E-state index contributed by atoms with van der Waals surface area (Å²) in [6.45, 7) is 7.98. The number of carbonyl (C=O) groups excluding carboxylic acids is 2. The minimum absolute atomic E-state index is 0.112. The topological polar surface area (TPSA) is 73.9 Å². The smallest absolute Gasteiger partial charge is 0.242 e. The molecule has 1 saturated heterocycles. The first-order valence-electron chi connectivity index (χ1n) is 9.22. The summed E-state index contributed by atoms with van der Waals surface area (Å²) in [5, 5.41) is 5.56. The van der Waals surface area contributed by atoms with Gasteiger partial charge in [-0.05, 0) is 25.5 Å². The minimum atomic E-state index is -0.507. The van der Waals surface area contributed by atoms with E-state index in [-0.39, 0.29) is 11.8 Å². The number of ether oxygens (including phenoxy) is 1. The molecule has 0 saturated carbocycles. The first-order chi connectivity index (χ1) is 12.5. The SMILES string of the molecule is CCCNC(=O)[C@@H](C)NC(=O)CN1CCN(c2cccc(OC)c2)CC1. The molecular formula is C19H30N4O3. The Labute approximate surface area is 155 Å². The van der Waals surface area contributed by atoms with Crippen LogP contribution in [0.15, 0.2) is 24.3 Å². The third-order valence-electron chi connectivity index (χ3n) is 4.48. The van der Waals surface area contributed by atoms with Gasteiger partial charge in [0.05, 0.1) is 13.7 Å². The van der Waals surface area contributed by atoms with Crippen LogP contribution in [0, 0.1) is 0 Å². The van der Waals surface area contributed by atoms with Crippen LogP contribution in [0.3, 0.4) is 0 Å². The molecule has 2 amide bonds. The third kappa shape index (κ3) is 5.91. The van der Waals surface area contributed by atoms with Crippen molar-refractivity contribution in [3.63, 3.8) is 0 Å². The van der Waals surface area contributed by atoms with Crippen LogP contribution in [-0.2, 0) is 9.59 Å². The lowest BCUT2D eigenvalue weighted by Crippen LogP contribution is -2.52. The molecule has 2 rings (SSSR count). The lowest BCUT2D eigenvalue weighted by Gasteiger charge is -2.36. The van der Waals surface area contributed by atoms with Crippen LogP contribution in [0.4, 0.5) is 5.69 Å². The number of nitrogens with zero attached hydrogens (tertiary/aromatic N) is 2. The number of hydrogen-bond donors (Lipinski definition) is 2. The van der Waals surface area contributed by atoms with E-state index in [1.165, 1.54) is 0 Å². The van der Waals surface area contributed by atoms with Crippen molar-refractivity contribution in [3.05, 3.63) is 24.3 Å². The second-order valence-electron chi connectivity index (χ2n) is 6.54. The van der Waals surface area contributed by atoms with Gasteiger partial charge in [0.1, 0.15) is 11.8 Å². The number of piperazine rings is 1. The molecular weight excluding hydrogens is 332 g/mol. The van der Waals surface area contributed by atoms with Gasteiger partial charge in [-0.2, -0.15) is 0 Å². The van der Waals surface area contributed by atoms with Gasteiger partial charge in [-0.25, -0.2) is 0 Å². The van der Waals surface area contributed by atoms with Crippen molar-refractivity contribution in [2.24, 2.45) is 0 Å². The Bertz CT molecular complexity index is 600. The Morgan fingerprint density at radius 3 is 2.62 bits per heavy atom. The summed E-state index contributed by atoms with van der Waals surface area (Å²) in [5.41, 5.74) is 1.13. The zero-order valence-electron chi connectivity index (χ0n) is 16.0. The Kier molecular flexibility index (Phi) is 7.72. The minimum Gasteiger partial charge on any atom is -0.497 e. The molecule has 1 aromatic carbocycles. The lowest BCUT2D eigenvalue weighted by atomic mass is 10.2. The number of hydrogen-bond acceptors (Lipinski definition) is 5. The normalized spacial score (nSPS) is 16.0. The van der Waals surface area contributed by atoms with Gasteiger partial charge in [0, 0.05) is 44.5 Å². The number of anilines is 1. The zero-order chi connectivity index (χ0) is 18.9. The summed E-state index contributed by atoms with van der Waals surface area (Å²) in [6.07, 6.45) is 0.879. The molecule has 0 aliphatic carbocycles. The molecule has 7 heteroatoms. The van der Waals surface area contributed by atoms with Crippen molar-refractivity contribution >= 4 is 17.5 Å². The molecule has 0 radical (unpaired) electrons. The quantitative estimate of drug-likeness (QED) is 0.717. The fraction of sp³-hybridized carbons (Fsp3) is 0.579. The molecule has 1 aromatic rings. The molecule has 7 nitrogen and oxygen atoms in total. The van der Waals surface area contributed by atoms with Gasteiger partial charge in [0.25, 0.3) is 0 Å². The van der Waals surface area contributed by atoms with Gasteiger partial charge in [-0.1, -0.05) is 13.0 Å². The van der Waals surface area contributed by atoms with Gasteiger partial charge in [0.15, 0.2) is 0 Å². The summed E-state index contributed by atoms with van der Waals surface area (Å²) >= 11 is 0. The average molecular weight is 362 g/mol. The van der Waals surface area contributed by atoms with Crippen molar-refractivity contribution in [3.8, 4) is 5.75 Å². The van der Waals surface area contributed by atoms with E-state index in [4.69, 9.17) is 4.74 Å². The predicted molar refractivity (Wildman–Crippen MR) is 103 cm³/mol. The first kappa shape index (κ1) is 20.0. The maximum atomic E-state index is 12.2. The highest BCUT2D eigenvalue weighted by atomic mass is 16.5. The fourth-order valence-corrected chi connectivity index (χ4v) is 2.93. The van der Waals surface area contributed by atoms with Crippen LogP contribution in [0.1, 0.15) is 20.3 Å². The maximum Gasteiger partial charge on any atom is 0.242 e. The lowest BCUT2D eigenvalue weighted by molar-refractivity contribution is -0.129. The van der Waals surface area contributed by atoms with Crippen molar-refractivity contribution < 1.29 is 14.3 Å². The van der Waals surface area contributed by atoms with Crippen molar-refractivity contribution in [1.29, 1.82) is 0 Å². The molecule has 0 unspecified atom stereocenters. The van der Waals surface area contributed by atoms with Crippen LogP contribution >= 0.6 is 0 Å². The summed E-state index contributed by atoms with van der Waals surface area (Å²) in [5.74, 6) is 0.599. The van der Waals surface area contributed by atoms with Crippen LogP contribution in [0.25, 0.3) is 0 Å². The highest BCUT2D eigenvalue weighted by molar-refractivity contribution is 5.87. The average Bonchev–Trinajstić information content (AvgIpc) is 2.66. The molecule has 2 N–H and O–H groups in total. The first-order valence-corrected chi connectivity index (χ1v) is 9.22. The highest BCUT2D eigenvalue weighted by Gasteiger charge is 2.21. The van der Waals surface area contributed by atoms with Gasteiger partial charge >= 0.3 is 0 Å². The Morgan fingerprint density at radius 1 is 1.23 bits per heavy atom. The highest BCUT2D eigenvalue weighted by Crippen LogP contribution is 2.21. The van der Waals surface area contributed by atoms with E-state index >= 15 is 0 Å². The Balaban J connectivity index is 1.75. The van der Waals surface area contributed by atoms with E-state index in [2.05, 4.69) is 26.5 Å². The van der Waals surface area contributed by atoms with E-state index < -0.39 is 6.04 Å². The molecule has 0 spiro atoms. The number of amides is 2. The summed E-state index contributed by atoms with van der Waals surface area (Å²) in [6, 6.07) is 7.51. The van der Waals surface area contributed by atoms with E-state index in [9.17, 15) is 9.59 Å². The van der Waals surface area contributed by atoms with E-state index in [1.54, 1.807) is 14.0 Å². The van der Waals surface area contributed by atoms with E-state index in [0.29, 0.717) is 13.1 Å². The number of carbonyl (C=O) groups is 2. The van der Waals surface area contributed by atoms with Crippen LogP contribution in [0.2, 0.25) is 0 Å². The molecule has 0 aromatic heterocycles. The monoisotopic (exact) mass is 362 g/mol. The van der Waals surface area contributed by atoms with E-state index in [0.717, 1.165) is 44.0 Å². The number of rotatable bonds is 8. The Morgan fingerprint density at radius 2 is 1.96 bits per heavy atom. The molecule has 26 heavy (non-hydrogen) atoms. The van der Waals surface area contributed by atoms with Crippen molar-refractivity contribution in [2.45, 2.75) is 26.3 Å². The number of nitrogens with one attached hydrogen (secondary N) is 2. The van der Waals surface area contributed by atoms with Gasteiger partial charge in [-0.3, -0.25) is 14.5 Å². The maximum absolute atomic E-state index is 12.2. The zero-order valence-corrected chi connectivity index (χ0v) is 16.0.